The monoisotopic (exact) mass is 574 g/mol. The summed E-state index contributed by atoms with van der Waals surface area (Å²) in [4.78, 5) is 19.5. The number of aromatic nitrogens is 7. The molecule has 1 amide bonds. The third-order valence-corrected chi connectivity index (χ3v) is 6.84. The maximum atomic E-state index is 13.4. The highest BCUT2D eigenvalue weighted by molar-refractivity contribution is 6.09. The molecule has 214 valence electrons. The van der Waals surface area contributed by atoms with Gasteiger partial charge in [0.1, 0.15) is 28.3 Å². The number of nitrogens with zero attached hydrogens (tertiary/aromatic N) is 9. The van der Waals surface area contributed by atoms with Crippen LogP contribution in [0.4, 0.5) is 14.5 Å². The van der Waals surface area contributed by atoms with Gasteiger partial charge in [0.25, 0.3) is 5.91 Å². The Labute approximate surface area is 237 Å². The van der Waals surface area contributed by atoms with Gasteiger partial charge in [0, 0.05) is 38.7 Å². The van der Waals surface area contributed by atoms with E-state index >= 15 is 0 Å². The van der Waals surface area contributed by atoms with Crippen molar-refractivity contribution in [2.75, 3.05) is 25.5 Å². The molecule has 0 bridgehead atoms. The number of nitrogens with one attached hydrogen (secondary N) is 1. The third-order valence-electron chi connectivity index (χ3n) is 6.84. The van der Waals surface area contributed by atoms with Gasteiger partial charge in [0.2, 0.25) is 0 Å². The second kappa shape index (κ2) is 10.6. The maximum Gasteiger partial charge on any atom is 0.387 e. The zero-order valence-corrected chi connectivity index (χ0v) is 22.5. The zero-order chi connectivity index (χ0) is 29.4. The molecule has 1 N–H and O–H groups in total. The molecule has 42 heavy (non-hydrogen) atoms. The van der Waals surface area contributed by atoms with Crippen LogP contribution in [0.25, 0.3) is 16.9 Å². The number of alkyl halides is 2. The van der Waals surface area contributed by atoms with E-state index in [4.69, 9.17) is 9.47 Å². The summed E-state index contributed by atoms with van der Waals surface area (Å²) in [5, 5.41) is 25.0. The van der Waals surface area contributed by atoms with E-state index in [0.717, 1.165) is 0 Å². The van der Waals surface area contributed by atoms with Gasteiger partial charge in [0.15, 0.2) is 11.4 Å². The van der Waals surface area contributed by atoms with Crippen LogP contribution in [-0.2, 0) is 12.6 Å². The van der Waals surface area contributed by atoms with Gasteiger partial charge in [-0.15, -0.1) is 0 Å². The molecule has 0 aliphatic carbocycles. The molecular weight excluding hydrogens is 550 g/mol. The number of halogens is 2. The lowest BCUT2D eigenvalue weighted by Crippen LogP contribution is -2.61. The van der Waals surface area contributed by atoms with Crippen LogP contribution in [0.1, 0.15) is 16.8 Å². The number of carbonyl (C=O) groups excluding carboxylic acids is 1. The van der Waals surface area contributed by atoms with Gasteiger partial charge in [-0.3, -0.25) is 14.2 Å². The number of ether oxygens (including phenoxy) is 2. The number of nitriles is 1. The number of likely N-dealkylation sites (N-methyl/N-ethyl adjacent to an activating group) is 1. The number of amides is 1. The van der Waals surface area contributed by atoms with Crippen molar-refractivity contribution in [2.24, 2.45) is 7.05 Å². The van der Waals surface area contributed by atoms with Crippen LogP contribution in [0.15, 0.2) is 61.4 Å². The molecule has 15 heteroatoms. The Morgan fingerprint density at radius 3 is 2.79 bits per heavy atom. The van der Waals surface area contributed by atoms with Crippen LogP contribution < -0.4 is 14.8 Å². The Hall–Kier alpha value is -5.36. The van der Waals surface area contributed by atoms with Crippen LogP contribution in [0.5, 0.6) is 17.2 Å². The van der Waals surface area contributed by atoms with Crippen molar-refractivity contribution in [3.05, 3.63) is 67.0 Å². The first-order chi connectivity index (χ1) is 20.2. The standard InChI is InChI=1S/C27H24F2N10O3/c1-36-15-27(16-36,6-7-30)39-13-18(11-33-39)41-17-4-5-22(42-26(28)29)19(10-17)23-21(14-37(2)35-23)34-25(40)20-12-32-38-9-3-8-31-24(20)38/h3-5,8-14,26H,6,15-16H2,1-2H3,(H,34,40). The van der Waals surface area contributed by atoms with E-state index in [1.807, 2.05) is 7.05 Å². The number of benzene rings is 1. The maximum absolute atomic E-state index is 13.4. The lowest BCUT2D eigenvalue weighted by Gasteiger charge is -2.47. The summed E-state index contributed by atoms with van der Waals surface area (Å²) >= 11 is 0. The van der Waals surface area contributed by atoms with E-state index in [1.165, 1.54) is 39.8 Å². The molecule has 4 aromatic heterocycles. The summed E-state index contributed by atoms with van der Waals surface area (Å²) in [6, 6.07) is 8.22. The van der Waals surface area contributed by atoms with Gasteiger partial charge in [0.05, 0.1) is 42.3 Å². The summed E-state index contributed by atoms with van der Waals surface area (Å²) in [7, 11) is 3.59. The van der Waals surface area contributed by atoms with Gasteiger partial charge in [-0.1, -0.05) is 0 Å². The quantitative estimate of drug-likeness (QED) is 0.280. The second-order valence-corrected chi connectivity index (χ2v) is 9.96. The van der Waals surface area contributed by atoms with Crippen molar-refractivity contribution in [1.29, 1.82) is 5.26 Å². The van der Waals surface area contributed by atoms with Crippen LogP contribution in [0, 0.1) is 11.3 Å². The average Bonchev–Trinajstić information content (AvgIpc) is 3.67. The van der Waals surface area contributed by atoms with E-state index in [9.17, 15) is 18.8 Å². The van der Waals surface area contributed by atoms with Crippen molar-refractivity contribution >= 4 is 17.2 Å². The van der Waals surface area contributed by atoms with Crippen molar-refractivity contribution in [2.45, 2.75) is 18.6 Å². The molecule has 1 fully saturated rings. The largest absolute Gasteiger partial charge is 0.454 e. The number of carbonyl (C=O) groups is 1. The van der Waals surface area contributed by atoms with Crippen LogP contribution >= 0.6 is 0 Å². The molecule has 5 aromatic rings. The number of hydrogen-bond acceptors (Lipinski definition) is 9. The van der Waals surface area contributed by atoms with Gasteiger partial charge in [-0.05, 0) is 31.3 Å². The summed E-state index contributed by atoms with van der Waals surface area (Å²) in [6.07, 6.45) is 9.64. The molecule has 1 aliphatic rings. The van der Waals surface area contributed by atoms with Crippen LogP contribution in [-0.4, -0.2) is 71.7 Å². The third kappa shape index (κ3) is 4.99. The molecule has 0 atom stereocenters. The first-order valence-electron chi connectivity index (χ1n) is 12.8. The average molecular weight is 575 g/mol. The molecule has 1 aliphatic heterocycles. The summed E-state index contributed by atoms with van der Waals surface area (Å²) < 4.78 is 42.1. The Balaban J connectivity index is 1.31. The molecular formula is C27H24F2N10O3. The number of likely N-dealkylation sites (tertiary alicyclic amines) is 1. The minimum absolute atomic E-state index is 0.162. The number of aryl methyl sites for hydroxylation is 1. The number of fused-ring (bicyclic) bond motifs is 1. The fourth-order valence-corrected chi connectivity index (χ4v) is 5.11. The first-order valence-corrected chi connectivity index (χ1v) is 12.8. The number of rotatable bonds is 9. The highest BCUT2D eigenvalue weighted by atomic mass is 19.3. The number of anilines is 1. The van der Waals surface area contributed by atoms with E-state index in [1.54, 1.807) is 42.6 Å². The molecule has 0 saturated carbocycles. The molecule has 1 aromatic carbocycles. The minimum Gasteiger partial charge on any atom is -0.454 e. The predicted molar refractivity (Wildman–Crippen MR) is 144 cm³/mol. The van der Waals surface area contributed by atoms with E-state index < -0.39 is 18.1 Å². The molecule has 6 rings (SSSR count). The van der Waals surface area contributed by atoms with Gasteiger partial charge in [-0.2, -0.15) is 29.3 Å². The first kappa shape index (κ1) is 26.8. The summed E-state index contributed by atoms with van der Waals surface area (Å²) in [6.45, 7) is -1.76. The van der Waals surface area contributed by atoms with Crippen molar-refractivity contribution in [3.8, 4) is 34.6 Å². The Bertz CT molecular complexity index is 1820. The molecule has 13 nitrogen and oxygen atoms in total. The SMILES string of the molecule is CN1CC(CC#N)(n2cc(Oc3ccc(OC(F)F)c(-c4nn(C)cc4NC(=O)c4cnn5cccnc45)c3)cn2)C1. The Morgan fingerprint density at radius 1 is 1.19 bits per heavy atom. The summed E-state index contributed by atoms with van der Waals surface area (Å²) in [5.41, 5.74) is 0.712. The molecule has 0 spiro atoms. The lowest BCUT2D eigenvalue weighted by atomic mass is 9.87. The molecule has 0 unspecified atom stereocenters. The fraction of sp³-hybridized carbons (Fsp3) is 0.259. The zero-order valence-electron chi connectivity index (χ0n) is 22.5. The van der Waals surface area contributed by atoms with Crippen LogP contribution in [0.3, 0.4) is 0 Å². The van der Waals surface area contributed by atoms with E-state index in [-0.39, 0.29) is 28.3 Å². The predicted octanol–water partition coefficient (Wildman–Crippen LogP) is 3.53. The smallest absolute Gasteiger partial charge is 0.387 e. The number of hydrogen-bond donors (Lipinski definition) is 1. The molecule has 1 saturated heterocycles. The molecule has 0 radical (unpaired) electrons. The van der Waals surface area contributed by atoms with Crippen LogP contribution in [0.2, 0.25) is 0 Å². The Kier molecular flexibility index (Phi) is 6.75. The van der Waals surface area contributed by atoms with Crippen molar-refractivity contribution in [3.63, 3.8) is 0 Å². The van der Waals surface area contributed by atoms with Gasteiger partial charge >= 0.3 is 6.61 Å². The van der Waals surface area contributed by atoms with Gasteiger partial charge < -0.3 is 19.7 Å². The second-order valence-electron chi connectivity index (χ2n) is 9.96. The normalized spacial score (nSPS) is 14.5. The highest BCUT2D eigenvalue weighted by Gasteiger charge is 2.43. The highest BCUT2D eigenvalue weighted by Crippen LogP contribution is 2.39. The van der Waals surface area contributed by atoms with Crippen molar-refractivity contribution in [1.82, 2.24) is 39.1 Å². The fourth-order valence-electron chi connectivity index (χ4n) is 5.11. The summed E-state index contributed by atoms with van der Waals surface area (Å²) in [5.74, 6) is 0.0128. The lowest BCUT2D eigenvalue weighted by molar-refractivity contribution is -0.0494. The topological polar surface area (TPSA) is 140 Å². The minimum atomic E-state index is -3.10. The van der Waals surface area contributed by atoms with E-state index in [0.29, 0.717) is 36.7 Å². The van der Waals surface area contributed by atoms with E-state index in [2.05, 4.69) is 36.6 Å². The molecule has 5 heterocycles. The Morgan fingerprint density at radius 2 is 2.02 bits per heavy atom. The van der Waals surface area contributed by atoms with Crippen molar-refractivity contribution < 1.29 is 23.0 Å². The van der Waals surface area contributed by atoms with Gasteiger partial charge in [-0.25, -0.2) is 9.50 Å².